The van der Waals surface area contributed by atoms with E-state index in [9.17, 15) is 14.7 Å². The monoisotopic (exact) mass is 407 g/mol. The number of carbonyl (C=O) groups is 1. The second-order valence-electron chi connectivity index (χ2n) is 7.65. The minimum Gasteiger partial charge on any atom is -0.480 e. The highest BCUT2D eigenvalue weighted by atomic mass is 16.5. The SMILES string of the molecule is Cc1c(OC(C)C(=O)Nc2ccccc2CCO)ccc2c3c(c(=O)oc12)CCC3. The molecule has 0 saturated carbocycles. The molecule has 1 aliphatic carbocycles. The topological polar surface area (TPSA) is 88.8 Å². The Kier molecular flexibility index (Phi) is 5.59. The molecule has 1 amide bonds. The summed E-state index contributed by atoms with van der Waals surface area (Å²) in [5, 5.41) is 13.0. The molecule has 0 radical (unpaired) electrons. The van der Waals surface area contributed by atoms with Crippen LogP contribution >= 0.6 is 0 Å². The third-order valence-corrected chi connectivity index (χ3v) is 5.67. The summed E-state index contributed by atoms with van der Waals surface area (Å²) in [4.78, 5) is 25.0. The molecule has 0 saturated heterocycles. The highest BCUT2D eigenvalue weighted by Gasteiger charge is 2.23. The minimum absolute atomic E-state index is 0.00409. The van der Waals surface area contributed by atoms with Gasteiger partial charge in [0.05, 0.1) is 0 Å². The Hall–Kier alpha value is -3.12. The lowest BCUT2D eigenvalue weighted by molar-refractivity contribution is -0.122. The van der Waals surface area contributed by atoms with E-state index >= 15 is 0 Å². The fraction of sp³-hybridized carbons (Fsp3) is 0.333. The van der Waals surface area contributed by atoms with Gasteiger partial charge in [0.1, 0.15) is 11.3 Å². The first-order chi connectivity index (χ1) is 14.5. The Morgan fingerprint density at radius 1 is 1.20 bits per heavy atom. The number of anilines is 1. The summed E-state index contributed by atoms with van der Waals surface area (Å²) >= 11 is 0. The molecule has 0 bridgehead atoms. The molecule has 2 aromatic carbocycles. The Morgan fingerprint density at radius 3 is 2.77 bits per heavy atom. The van der Waals surface area contributed by atoms with E-state index in [1.54, 1.807) is 13.0 Å². The Bertz CT molecular complexity index is 1160. The number of rotatable bonds is 6. The molecular formula is C24H25NO5. The zero-order valence-electron chi connectivity index (χ0n) is 17.2. The number of amides is 1. The van der Waals surface area contributed by atoms with Crippen LogP contribution < -0.4 is 15.7 Å². The molecule has 2 N–H and O–H groups in total. The molecule has 1 atom stereocenters. The first-order valence-corrected chi connectivity index (χ1v) is 10.2. The van der Waals surface area contributed by atoms with Gasteiger partial charge in [-0.05, 0) is 68.9 Å². The summed E-state index contributed by atoms with van der Waals surface area (Å²) in [5.74, 6) is 0.213. The number of benzene rings is 2. The smallest absolute Gasteiger partial charge is 0.339 e. The van der Waals surface area contributed by atoms with Crippen LogP contribution in [-0.2, 0) is 24.1 Å². The van der Waals surface area contributed by atoms with E-state index in [4.69, 9.17) is 9.15 Å². The van der Waals surface area contributed by atoms with Crippen LogP contribution in [0.5, 0.6) is 5.75 Å². The van der Waals surface area contributed by atoms with Crippen LogP contribution in [0.25, 0.3) is 11.0 Å². The third-order valence-electron chi connectivity index (χ3n) is 5.67. The predicted molar refractivity (Wildman–Crippen MR) is 115 cm³/mol. The van der Waals surface area contributed by atoms with Crippen molar-refractivity contribution in [1.29, 1.82) is 0 Å². The highest BCUT2D eigenvalue weighted by molar-refractivity contribution is 5.95. The standard InChI is InChI=1S/C24H25NO5/c1-14-21(11-10-18-17-7-5-8-19(17)24(28)30-22(14)18)29-15(2)23(27)25-20-9-4-3-6-16(20)12-13-26/h3-4,6,9-11,15,26H,5,7-8,12-13H2,1-2H3,(H,25,27). The van der Waals surface area contributed by atoms with E-state index in [2.05, 4.69) is 5.32 Å². The van der Waals surface area contributed by atoms with Crippen molar-refractivity contribution >= 4 is 22.6 Å². The maximum absolute atomic E-state index is 12.7. The Morgan fingerprint density at radius 2 is 1.97 bits per heavy atom. The predicted octanol–water partition coefficient (Wildman–Crippen LogP) is 3.53. The van der Waals surface area contributed by atoms with Gasteiger partial charge < -0.3 is 19.6 Å². The molecule has 1 heterocycles. The number of fused-ring (bicyclic) bond motifs is 3. The number of aliphatic hydroxyl groups is 1. The number of para-hydroxylation sites is 1. The van der Waals surface area contributed by atoms with E-state index in [-0.39, 0.29) is 18.1 Å². The summed E-state index contributed by atoms with van der Waals surface area (Å²) in [6, 6.07) is 11.1. The van der Waals surface area contributed by atoms with Crippen LogP contribution in [0, 0.1) is 6.92 Å². The van der Waals surface area contributed by atoms with Crippen molar-refractivity contribution in [1.82, 2.24) is 0 Å². The van der Waals surface area contributed by atoms with E-state index in [0.717, 1.165) is 41.3 Å². The van der Waals surface area contributed by atoms with Gasteiger partial charge >= 0.3 is 5.63 Å². The number of hydrogen-bond acceptors (Lipinski definition) is 5. The lowest BCUT2D eigenvalue weighted by Gasteiger charge is -2.18. The molecule has 30 heavy (non-hydrogen) atoms. The van der Waals surface area contributed by atoms with Gasteiger partial charge in [0.25, 0.3) is 5.91 Å². The van der Waals surface area contributed by atoms with Crippen LogP contribution in [0.15, 0.2) is 45.6 Å². The maximum atomic E-state index is 12.7. The van der Waals surface area contributed by atoms with Gasteiger partial charge in [0.2, 0.25) is 0 Å². The molecular weight excluding hydrogens is 382 g/mol. The summed E-state index contributed by atoms with van der Waals surface area (Å²) in [7, 11) is 0. The van der Waals surface area contributed by atoms with E-state index in [0.29, 0.717) is 29.0 Å². The number of nitrogens with one attached hydrogen (secondary N) is 1. The van der Waals surface area contributed by atoms with Gasteiger partial charge in [-0.2, -0.15) is 0 Å². The fourth-order valence-electron chi connectivity index (χ4n) is 4.05. The first kappa shape index (κ1) is 20.2. The van der Waals surface area contributed by atoms with Crippen molar-refractivity contribution in [3.05, 3.63) is 69.1 Å². The van der Waals surface area contributed by atoms with Gasteiger partial charge in [0.15, 0.2) is 6.10 Å². The van der Waals surface area contributed by atoms with Crippen LogP contribution in [0.2, 0.25) is 0 Å². The Labute approximate surface area is 174 Å². The zero-order valence-corrected chi connectivity index (χ0v) is 17.2. The number of carbonyl (C=O) groups excluding carboxylic acids is 1. The molecule has 1 aromatic heterocycles. The van der Waals surface area contributed by atoms with Crippen molar-refractivity contribution in [3.8, 4) is 5.75 Å². The highest BCUT2D eigenvalue weighted by Crippen LogP contribution is 2.33. The molecule has 0 spiro atoms. The van der Waals surface area contributed by atoms with Crippen molar-refractivity contribution in [2.24, 2.45) is 0 Å². The van der Waals surface area contributed by atoms with Gasteiger partial charge in [-0.15, -0.1) is 0 Å². The molecule has 1 unspecified atom stereocenters. The van der Waals surface area contributed by atoms with Gasteiger partial charge in [-0.3, -0.25) is 4.79 Å². The molecule has 3 aromatic rings. The van der Waals surface area contributed by atoms with Crippen LogP contribution in [0.1, 0.15) is 35.6 Å². The summed E-state index contributed by atoms with van der Waals surface area (Å²) < 4.78 is 11.5. The summed E-state index contributed by atoms with van der Waals surface area (Å²) in [5.41, 5.74) is 4.33. The molecule has 0 aliphatic heterocycles. The largest absolute Gasteiger partial charge is 0.480 e. The molecule has 1 aliphatic rings. The summed E-state index contributed by atoms with van der Waals surface area (Å²) in [6.07, 6.45) is 2.30. The normalized spacial score (nSPS) is 13.8. The average Bonchev–Trinajstić information content (AvgIpc) is 3.23. The molecule has 0 fully saturated rings. The third kappa shape index (κ3) is 3.71. The van der Waals surface area contributed by atoms with Gasteiger partial charge in [0, 0.05) is 28.8 Å². The van der Waals surface area contributed by atoms with Crippen molar-refractivity contribution in [2.75, 3.05) is 11.9 Å². The van der Waals surface area contributed by atoms with Crippen molar-refractivity contribution in [3.63, 3.8) is 0 Å². The van der Waals surface area contributed by atoms with E-state index in [1.165, 1.54) is 0 Å². The van der Waals surface area contributed by atoms with Crippen molar-refractivity contribution < 1.29 is 19.1 Å². The number of ether oxygens (including phenoxy) is 1. The minimum atomic E-state index is -0.760. The maximum Gasteiger partial charge on any atom is 0.339 e. The molecule has 156 valence electrons. The van der Waals surface area contributed by atoms with Gasteiger partial charge in [-0.25, -0.2) is 4.79 Å². The number of hydrogen-bond donors (Lipinski definition) is 2. The average molecular weight is 407 g/mol. The van der Waals surface area contributed by atoms with E-state index < -0.39 is 6.10 Å². The fourth-order valence-corrected chi connectivity index (χ4v) is 4.05. The number of aryl methyl sites for hydroxylation is 2. The van der Waals surface area contributed by atoms with Crippen LogP contribution in [0.4, 0.5) is 5.69 Å². The molecule has 6 nitrogen and oxygen atoms in total. The van der Waals surface area contributed by atoms with Crippen LogP contribution in [0.3, 0.4) is 0 Å². The quantitative estimate of drug-likeness (QED) is 0.610. The lowest BCUT2D eigenvalue weighted by atomic mass is 10.0. The summed E-state index contributed by atoms with van der Waals surface area (Å²) in [6.45, 7) is 3.51. The van der Waals surface area contributed by atoms with Gasteiger partial charge in [-0.1, -0.05) is 18.2 Å². The Balaban J connectivity index is 1.57. The second kappa shape index (κ2) is 8.32. The zero-order chi connectivity index (χ0) is 21.3. The lowest BCUT2D eigenvalue weighted by Crippen LogP contribution is -2.30. The van der Waals surface area contributed by atoms with Crippen LogP contribution in [-0.4, -0.2) is 23.7 Å². The second-order valence-corrected chi connectivity index (χ2v) is 7.65. The van der Waals surface area contributed by atoms with E-state index in [1.807, 2.05) is 37.3 Å². The van der Waals surface area contributed by atoms with Crippen molar-refractivity contribution in [2.45, 2.75) is 45.6 Å². The molecule has 6 heteroatoms. The number of aliphatic hydroxyl groups excluding tert-OH is 1. The first-order valence-electron chi connectivity index (χ1n) is 10.2. The molecule has 4 rings (SSSR count).